The van der Waals surface area contributed by atoms with Crippen molar-refractivity contribution in [3.8, 4) is 16.9 Å². The first-order valence-corrected chi connectivity index (χ1v) is 6.10. The lowest BCUT2D eigenvalue weighted by atomic mass is 10.0. The van der Waals surface area contributed by atoms with Crippen LogP contribution in [0.4, 0.5) is 0 Å². The standard InChI is InChI=1S/C13H12INO/c14-15-9-10-5-7-11(8-6-10)12-3-1-2-4-13(12)16/h1-8,15-16H,9H2. The summed E-state index contributed by atoms with van der Waals surface area (Å²) in [6.07, 6.45) is 0. The second kappa shape index (κ2) is 5.32. The first-order valence-electron chi connectivity index (χ1n) is 5.02. The summed E-state index contributed by atoms with van der Waals surface area (Å²) in [5.74, 6) is 0.322. The summed E-state index contributed by atoms with van der Waals surface area (Å²) in [5.41, 5.74) is 3.14. The van der Waals surface area contributed by atoms with E-state index in [1.807, 2.05) is 30.3 Å². The molecule has 2 N–H and O–H groups in total. The van der Waals surface area contributed by atoms with Crippen molar-refractivity contribution in [1.82, 2.24) is 3.53 Å². The Morgan fingerprint density at radius 3 is 2.31 bits per heavy atom. The van der Waals surface area contributed by atoms with Crippen molar-refractivity contribution in [2.75, 3.05) is 0 Å². The van der Waals surface area contributed by atoms with Crippen LogP contribution in [0.1, 0.15) is 5.56 Å². The van der Waals surface area contributed by atoms with E-state index < -0.39 is 0 Å². The highest BCUT2D eigenvalue weighted by molar-refractivity contribution is 14.1. The fourth-order valence-electron chi connectivity index (χ4n) is 1.60. The molecule has 0 saturated heterocycles. The van der Waals surface area contributed by atoms with Gasteiger partial charge in [0.2, 0.25) is 0 Å². The van der Waals surface area contributed by atoms with Gasteiger partial charge in [0.1, 0.15) is 5.75 Å². The van der Waals surface area contributed by atoms with E-state index in [-0.39, 0.29) is 0 Å². The molecule has 0 radical (unpaired) electrons. The number of phenolic OH excluding ortho intramolecular Hbond substituents is 1. The molecular weight excluding hydrogens is 313 g/mol. The molecule has 0 bridgehead atoms. The van der Waals surface area contributed by atoms with Crippen molar-refractivity contribution in [2.45, 2.75) is 6.54 Å². The third-order valence-electron chi connectivity index (χ3n) is 2.44. The van der Waals surface area contributed by atoms with Crippen molar-refractivity contribution in [3.05, 3.63) is 54.1 Å². The van der Waals surface area contributed by atoms with Crippen LogP contribution in [0.5, 0.6) is 5.75 Å². The van der Waals surface area contributed by atoms with Gasteiger partial charge in [-0.15, -0.1) is 0 Å². The number of nitrogens with one attached hydrogen (secondary N) is 1. The zero-order valence-electron chi connectivity index (χ0n) is 8.65. The third kappa shape index (κ3) is 2.54. The third-order valence-corrected chi connectivity index (χ3v) is 2.82. The maximum atomic E-state index is 9.72. The zero-order valence-corrected chi connectivity index (χ0v) is 10.8. The smallest absolute Gasteiger partial charge is 0.123 e. The van der Waals surface area contributed by atoms with Crippen molar-refractivity contribution in [3.63, 3.8) is 0 Å². The quantitative estimate of drug-likeness (QED) is 0.669. The summed E-state index contributed by atoms with van der Waals surface area (Å²) in [6.45, 7) is 0.849. The van der Waals surface area contributed by atoms with E-state index >= 15 is 0 Å². The Balaban J connectivity index is 2.31. The van der Waals surface area contributed by atoms with Gasteiger partial charge < -0.3 is 5.11 Å². The highest BCUT2D eigenvalue weighted by atomic mass is 127. The molecule has 0 atom stereocenters. The van der Waals surface area contributed by atoms with Gasteiger partial charge in [-0.05, 0) is 17.2 Å². The van der Waals surface area contributed by atoms with E-state index in [0.29, 0.717) is 5.75 Å². The minimum Gasteiger partial charge on any atom is -0.507 e. The van der Waals surface area contributed by atoms with Crippen LogP contribution in [0.3, 0.4) is 0 Å². The van der Waals surface area contributed by atoms with Gasteiger partial charge in [0.15, 0.2) is 0 Å². The molecule has 0 spiro atoms. The fourth-order valence-corrected chi connectivity index (χ4v) is 2.04. The van der Waals surface area contributed by atoms with E-state index in [9.17, 15) is 5.11 Å². The van der Waals surface area contributed by atoms with Gasteiger partial charge in [-0.1, -0.05) is 42.5 Å². The van der Waals surface area contributed by atoms with Crippen LogP contribution in [0, 0.1) is 0 Å². The fraction of sp³-hybridized carbons (Fsp3) is 0.0769. The van der Waals surface area contributed by atoms with Gasteiger partial charge in [-0.2, -0.15) is 0 Å². The summed E-state index contributed by atoms with van der Waals surface area (Å²) in [7, 11) is 0. The van der Waals surface area contributed by atoms with Gasteiger partial charge in [-0.3, -0.25) is 3.53 Å². The minimum atomic E-state index is 0.322. The Labute approximate surface area is 109 Å². The highest BCUT2D eigenvalue weighted by Gasteiger charge is 2.02. The van der Waals surface area contributed by atoms with Gasteiger partial charge >= 0.3 is 0 Å². The van der Waals surface area contributed by atoms with Crippen LogP contribution in [0.25, 0.3) is 11.1 Å². The van der Waals surface area contributed by atoms with E-state index in [2.05, 4.69) is 38.5 Å². The summed E-state index contributed by atoms with van der Waals surface area (Å²) < 4.78 is 3.08. The van der Waals surface area contributed by atoms with Crippen molar-refractivity contribution in [2.24, 2.45) is 0 Å². The average molecular weight is 325 g/mol. The molecule has 0 aliphatic carbocycles. The molecule has 82 valence electrons. The van der Waals surface area contributed by atoms with Crippen molar-refractivity contribution < 1.29 is 5.11 Å². The molecule has 3 heteroatoms. The molecule has 0 aliphatic rings. The van der Waals surface area contributed by atoms with Gasteiger partial charge in [0, 0.05) is 35.0 Å². The van der Waals surface area contributed by atoms with Crippen molar-refractivity contribution in [1.29, 1.82) is 0 Å². The number of hydrogen-bond acceptors (Lipinski definition) is 2. The molecule has 2 aromatic carbocycles. The normalized spacial score (nSPS) is 10.3. The molecule has 16 heavy (non-hydrogen) atoms. The molecule has 0 aliphatic heterocycles. The molecule has 2 nitrogen and oxygen atoms in total. The molecule has 2 rings (SSSR count). The van der Waals surface area contributed by atoms with Crippen LogP contribution in [0.2, 0.25) is 0 Å². The summed E-state index contributed by atoms with van der Waals surface area (Å²) in [5, 5.41) is 9.72. The number of hydrogen-bond donors (Lipinski definition) is 2. The Kier molecular flexibility index (Phi) is 3.79. The number of benzene rings is 2. The van der Waals surface area contributed by atoms with Gasteiger partial charge in [0.25, 0.3) is 0 Å². The SMILES string of the molecule is Oc1ccccc1-c1ccc(CNI)cc1. The Hall–Kier alpha value is -1.07. The Morgan fingerprint density at radius 1 is 1.00 bits per heavy atom. The second-order valence-electron chi connectivity index (χ2n) is 3.52. The number of halogens is 1. The molecule has 0 aromatic heterocycles. The van der Waals surface area contributed by atoms with E-state index in [0.717, 1.165) is 17.7 Å². The van der Waals surface area contributed by atoms with Crippen LogP contribution >= 0.6 is 22.9 Å². The largest absolute Gasteiger partial charge is 0.507 e. The molecule has 0 fully saturated rings. The molecule has 2 aromatic rings. The lowest BCUT2D eigenvalue weighted by Crippen LogP contribution is -1.96. The first-order chi connectivity index (χ1) is 7.81. The second-order valence-corrected chi connectivity index (χ2v) is 4.29. The number of aromatic hydroxyl groups is 1. The van der Waals surface area contributed by atoms with Crippen molar-refractivity contribution >= 4 is 22.9 Å². The van der Waals surface area contributed by atoms with E-state index in [1.54, 1.807) is 6.07 Å². The maximum Gasteiger partial charge on any atom is 0.123 e. The van der Waals surface area contributed by atoms with Crippen LogP contribution in [-0.4, -0.2) is 5.11 Å². The van der Waals surface area contributed by atoms with Crippen LogP contribution < -0.4 is 3.53 Å². The lowest BCUT2D eigenvalue weighted by molar-refractivity contribution is 0.477. The summed E-state index contributed by atoms with van der Waals surface area (Å²) >= 11 is 2.13. The number of rotatable bonds is 3. The number of phenols is 1. The highest BCUT2D eigenvalue weighted by Crippen LogP contribution is 2.28. The molecule has 0 amide bonds. The number of para-hydroxylation sites is 1. The first kappa shape index (κ1) is 11.4. The lowest BCUT2D eigenvalue weighted by Gasteiger charge is -2.05. The molecule has 0 saturated carbocycles. The predicted octanol–water partition coefficient (Wildman–Crippen LogP) is 3.50. The van der Waals surface area contributed by atoms with E-state index in [4.69, 9.17) is 0 Å². The topological polar surface area (TPSA) is 32.3 Å². The monoisotopic (exact) mass is 325 g/mol. The van der Waals surface area contributed by atoms with Gasteiger partial charge in [0.05, 0.1) is 0 Å². The Morgan fingerprint density at radius 2 is 1.69 bits per heavy atom. The molecule has 0 unspecified atom stereocenters. The summed E-state index contributed by atoms with van der Waals surface area (Å²) in [4.78, 5) is 0. The zero-order chi connectivity index (χ0) is 11.4. The summed E-state index contributed by atoms with van der Waals surface area (Å²) in [6, 6.07) is 15.6. The van der Waals surface area contributed by atoms with E-state index in [1.165, 1.54) is 5.56 Å². The minimum absolute atomic E-state index is 0.322. The Bertz CT molecular complexity index is 468. The molecular formula is C13H12INO. The van der Waals surface area contributed by atoms with Crippen LogP contribution in [0.15, 0.2) is 48.5 Å². The van der Waals surface area contributed by atoms with Crippen LogP contribution in [-0.2, 0) is 6.54 Å². The maximum absolute atomic E-state index is 9.72. The van der Waals surface area contributed by atoms with Gasteiger partial charge in [-0.25, -0.2) is 0 Å². The predicted molar refractivity (Wildman–Crippen MR) is 74.4 cm³/mol. The molecule has 0 heterocycles. The average Bonchev–Trinajstić information content (AvgIpc) is 2.31.